The third kappa shape index (κ3) is 4.54. The Labute approximate surface area is 119 Å². The molecular weight excluding hydrogens is 284 g/mol. The molecule has 0 saturated heterocycles. The highest BCUT2D eigenvalue weighted by Gasteiger charge is 2.24. The number of hydrogen-bond acceptors (Lipinski definition) is 5. The monoisotopic (exact) mass is 306 g/mol. The molecule has 0 fully saturated rings. The van der Waals surface area contributed by atoms with Crippen LogP contribution in [-0.4, -0.2) is 34.7 Å². The number of aryl methyl sites for hydroxylation is 1. The van der Waals surface area contributed by atoms with Gasteiger partial charge in [-0.2, -0.15) is 0 Å². The van der Waals surface area contributed by atoms with Gasteiger partial charge in [0.2, 0.25) is 10.0 Å². The van der Waals surface area contributed by atoms with Crippen molar-refractivity contribution in [2.24, 2.45) is 0 Å². The van der Waals surface area contributed by atoms with E-state index in [9.17, 15) is 8.42 Å². The highest BCUT2D eigenvalue weighted by Crippen LogP contribution is 2.25. The summed E-state index contributed by atoms with van der Waals surface area (Å²) in [6.07, 6.45) is 0. The number of nitrogens with one attached hydrogen (secondary N) is 2. The van der Waals surface area contributed by atoms with E-state index in [1.54, 1.807) is 13.2 Å². The Kier molecular flexibility index (Phi) is 5.52. The summed E-state index contributed by atoms with van der Waals surface area (Å²) in [7, 11) is -0.0785. The smallest absolute Gasteiger partial charge is 0.241 e. The summed E-state index contributed by atoms with van der Waals surface area (Å²) < 4.78 is 32.3. The Bertz CT molecular complexity index is 521. The van der Waals surface area contributed by atoms with E-state index in [1.165, 1.54) is 11.3 Å². The molecule has 0 spiro atoms. The maximum atomic E-state index is 12.3. The van der Waals surface area contributed by atoms with E-state index >= 15 is 0 Å². The summed E-state index contributed by atoms with van der Waals surface area (Å²) in [4.78, 5) is 2.16. The van der Waals surface area contributed by atoms with E-state index in [2.05, 4.69) is 10.0 Å². The van der Waals surface area contributed by atoms with Crippen molar-refractivity contribution in [1.82, 2.24) is 10.0 Å². The highest BCUT2D eigenvalue weighted by molar-refractivity contribution is 7.89. The third-order valence-electron chi connectivity index (χ3n) is 2.80. The van der Waals surface area contributed by atoms with Crippen molar-refractivity contribution in [3.05, 3.63) is 15.8 Å². The molecule has 19 heavy (non-hydrogen) atoms. The topological polar surface area (TPSA) is 67.4 Å². The Balaban J connectivity index is 2.88. The van der Waals surface area contributed by atoms with Crippen molar-refractivity contribution < 1.29 is 13.2 Å². The standard InChI is InChI=1S/C12H22N2O3S2/c1-9-11(6-10(18-9)7-13-4)19(15,16)14-8-12(2,3)17-5/h6,13-14H,7-8H2,1-5H3. The molecule has 1 heterocycles. The molecule has 0 aliphatic rings. The van der Waals surface area contributed by atoms with Gasteiger partial charge in [0.25, 0.3) is 0 Å². The number of methoxy groups -OCH3 is 1. The Hall–Kier alpha value is -0.470. The Morgan fingerprint density at radius 2 is 2.05 bits per heavy atom. The summed E-state index contributed by atoms with van der Waals surface area (Å²) in [5, 5.41) is 3.02. The van der Waals surface area contributed by atoms with Gasteiger partial charge < -0.3 is 10.1 Å². The first-order chi connectivity index (χ1) is 8.72. The summed E-state index contributed by atoms with van der Waals surface area (Å²) >= 11 is 1.49. The van der Waals surface area contributed by atoms with Gasteiger partial charge in [-0.15, -0.1) is 11.3 Å². The quantitative estimate of drug-likeness (QED) is 0.801. The number of thiophene rings is 1. The van der Waals surface area contributed by atoms with Crippen LogP contribution in [0.1, 0.15) is 23.6 Å². The van der Waals surface area contributed by atoms with Crippen molar-refractivity contribution in [3.63, 3.8) is 0 Å². The predicted octanol–water partition coefficient (Wildman–Crippen LogP) is 1.48. The predicted molar refractivity (Wildman–Crippen MR) is 78.1 cm³/mol. The van der Waals surface area contributed by atoms with Gasteiger partial charge in [0, 0.05) is 30.0 Å². The van der Waals surface area contributed by atoms with Gasteiger partial charge in [0.15, 0.2) is 0 Å². The van der Waals surface area contributed by atoms with Crippen molar-refractivity contribution in [2.45, 2.75) is 37.8 Å². The molecule has 0 aromatic carbocycles. The van der Waals surface area contributed by atoms with Gasteiger partial charge >= 0.3 is 0 Å². The van der Waals surface area contributed by atoms with Gasteiger partial charge in [-0.05, 0) is 33.9 Å². The van der Waals surface area contributed by atoms with E-state index < -0.39 is 15.6 Å². The van der Waals surface area contributed by atoms with E-state index in [0.29, 0.717) is 11.4 Å². The van der Waals surface area contributed by atoms with Crippen LogP contribution in [0, 0.1) is 6.92 Å². The zero-order valence-electron chi connectivity index (χ0n) is 12.0. The molecule has 1 aromatic heterocycles. The van der Waals surface area contributed by atoms with Crippen LogP contribution < -0.4 is 10.0 Å². The number of hydrogen-bond donors (Lipinski definition) is 2. The second-order valence-electron chi connectivity index (χ2n) is 4.95. The van der Waals surface area contributed by atoms with E-state index in [0.717, 1.165) is 9.75 Å². The van der Waals surface area contributed by atoms with Gasteiger partial charge in [0.1, 0.15) is 0 Å². The molecule has 2 N–H and O–H groups in total. The number of rotatable bonds is 7. The van der Waals surface area contributed by atoms with Crippen LogP contribution in [0.2, 0.25) is 0 Å². The average Bonchev–Trinajstić information content (AvgIpc) is 2.70. The second kappa shape index (κ2) is 6.32. The number of sulfonamides is 1. The first-order valence-corrected chi connectivity index (χ1v) is 8.30. The minimum Gasteiger partial charge on any atom is -0.377 e. The zero-order valence-corrected chi connectivity index (χ0v) is 13.7. The minimum atomic E-state index is -3.48. The summed E-state index contributed by atoms with van der Waals surface area (Å²) in [5.41, 5.74) is -0.523. The van der Waals surface area contributed by atoms with Crippen LogP contribution in [-0.2, 0) is 21.3 Å². The van der Waals surface area contributed by atoms with Crippen molar-refractivity contribution in [1.29, 1.82) is 0 Å². The summed E-state index contributed by atoms with van der Waals surface area (Å²) in [5.74, 6) is 0. The van der Waals surface area contributed by atoms with E-state index in [4.69, 9.17) is 4.74 Å². The molecule has 7 heteroatoms. The van der Waals surface area contributed by atoms with Crippen molar-refractivity contribution in [3.8, 4) is 0 Å². The average molecular weight is 306 g/mol. The molecule has 110 valence electrons. The van der Waals surface area contributed by atoms with Crippen molar-refractivity contribution in [2.75, 3.05) is 20.7 Å². The molecule has 0 bridgehead atoms. The molecule has 0 radical (unpaired) electrons. The normalized spacial score (nSPS) is 12.9. The minimum absolute atomic E-state index is 0.239. The van der Waals surface area contributed by atoms with Gasteiger partial charge in [0.05, 0.1) is 10.5 Å². The molecule has 0 aliphatic heterocycles. The summed E-state index contributed by atoms with van der Waals surface area (Å²) in [6, 6.07) is 1.72. The molecule has 0 saturated carbocycles. The molecule has 1 aromatic rings. The molecule has 0 aliphatic carbocycles. The molecule has 1 rings (SSSR count). The SMILES string of the molecule is CNCc1cc(S(=O)(=O)NCC(C)(C)OC)c(C)s1. The van der Waals surface area contributed by atoms with E-state index in [-0.39, 0.29) is 6.54 Å². The first-order valence-electron chi connectivity index (χ1n) is 6.00. The van der Waals surface area contributed by atoms with Crippen molar-refractivity contribution >= 4 is 21.4 Å². The zero-order chi connectivity index (χ0) is 14.7. The largest absolute Gasteiger partial charge is 0.377 e. The highest BCUT2D eigenvalue weighted by atomic mass is 32.2. The first kappa shape index (κ1) is 16.6. The summed E-state index contributed by atoms with van der Waals surface area (Å²) in [6.45, 7) is 6.40. The lowest BCUT2D eigenvalue weighted by Gasteiger charge is -2.22. The lowest BCUT2D eigenvalue weighted by molar-refractivity contribution is 0.0276. The number of ether oxygens (including phenoxy) is 1. The fourth-order valence-electron chi connectivity index (χ4n) is 1.47. The van der Waals surface area contributed by atoms with Crippen LogP contribution in [0.15, 0.2) is 11.0 Å². The van der Waals surface area contributed by atoms with Gasteiger partial charge in [-0.25, -0.2) is 13.1 Å². The fourth-order valence-corrected chi connectivity index (χ4v) is 4.31. The van der Waals surface area contributed by atoms with E-state index in [1.807, 2.05) is 27.8 Å². The maximum Gasteiger partial charge on any atom is 0.241 e. The van der Waals surface area contributed by atoms with Gasteiger partial charge in [-0.1, -0.05) is 0 Å². The van der Waals surface area contributed by atoms with Crippen LogP contribution in [0.3, 0.4) is 0 Å². The van der Waals surface area contributed by atoms with Crippen LogP contribution in [0.25, 0.3) is 0 Å². The fraction of sp³-hybridized carbons (Fsp3) is 0.667. The van der Waals surface area contributed by atoms with Gasteiger partial charge in [-0.3, -0.25) is 0 Å². The second-order valence-corrected chi connectivity index (χ2v) is 8.03. The lowest BCUT2D eigenvalue weighted by Crippen LogP contribution is -2.39. The molecule has 0 amide bonds. The molecule has 5 nitrogen and oxygen atoms in total. The molecule has 0 unspecified atom stereocenters. The van der Waals surface area contributed by atoms with Crippen LogP contribution >= 0.6 is 11.3 Å². The molecular formula is C12H22N2O3S2. The Morgan fingerprint density at radius 1 is 1.42 bits per heavy atom. The Morgan fingerprint density at radius 3 is 2.58 bits per heavy atom. The molecule has 0 atom stereocenters. The maximum absolute atomic E-state index is 12.3. The third-order valence-corrected chi connectivity index (χ3v) is 5.51. The van der Waals surface area contributed by atoms with Crippen LogP contribution in [0.4, 0.5) is 0 Å². The lowest BCUT2D eigenvalue weighted by atomic mass is 10.1. The van der Waals surface area contributed by atoms with Crippen LogP contribution in [0.5, 0.6) is 0 Å².